The number of hydrogen-bond acceptors (Lipinski definition) is 6. The lowest BCUT2D eigenvalue weighted by Crippen LogP contribution is -2.48. The summed E-state index contributed by atoms with van der Waals surface area (Å²) in [5.74, 6) is -1.86. The zero-order valence-electron chi connectivity index (χ0n) is 11.7. The third-order valence-corrected chi connectivity index (χ3v) is 3.26. The van der Waals surface area contributed by atoms with Crippen molar-refractivity contribution in [2.75, 3.05) is 19.8 Å². The standard InChI is InChI=1S/C12H16N4O6/c1-2-3-22-16-9-5-15(12(16)20)8(11(18)19)4-7(9)14-21-6-10(13)17/h2,8-9H,1,3-6H2,(H2,13,17)(H,18,19)/t8-,9-/m0/s1. The predicted octanol–water partition coefficient (Wildman–Crippen LogP) is -1.07. The van der Waals surface area contributed by atoms with Crippen molar-refractivity contribution in [2.24, 2.45) is 10.9 Å². The highest BCUT2D eigenvalue weighted by Crippen LogP contribution is 2.29. The average Bonchev–Trinajstić information content (AvgIpc) is 2.72. The zero-order chi connectivity index (χ0) is 16.3. The van der Waals surface area contributed by atoms with Crippen molar-refractivity contribution in [3.05, 3.63) is 12.7 Å². The van der Waals surface area contributed by atoms with Crippen molar-refractivity contribution in [1.29, 1.82) is 0 Å². The van der Waals surface area contributed by atoms with E-state index in [9.17, 15) is 19.5 Å². The number of carbonyl (C=O) groups excluding carboxylic acids is 2. The fraction of sp³-hybridized carbons (Fsp3) is 0.500. The molecule has 0 saturated carbocycles. The summed E-state index contributed by atoms with van der Waals surface area (Å²) < 4.78 is 0. The van der Waals surface area contributed by atoms with Gasteiger partial charge in [0.1, 0.15) is 12.1 Å². The van der Waals surface area contributed by atoms with E-state index >= 15 is 0 Å². The van der Waals surface area contributed by atoms with Crippen LogP contribution in [0.15, 0.2) is 17.8 Å². The van der Waals surface area contributed by atoms with Gasteiger partial charge in [-0.15, -0.1) is 6.58 Å². The molecule has 2 fully saturated rings. The van der Waals surface area contributed by atoms with Gasteiger partial charge in [0.15, 0.2) is 6.61 Å². The van der Waals surface area contributed by atoms with Gasteiger partial charge in [-0.1, -0.05) is 11.2 Å². The van der Waals surface area contributed by atoms with Gasteiger partial charge in [0.25, 0.3) is 5.91 Å². The molecule has 0 aliphatic carbocycles. The van der Waals surface area contributed by atoms with Gasteiger partial charge in [-0.2, -0.15) is 5.06 Å². The molecule has 0 radical (unpaired) electrons. The predicted molar refractivity (Wildman–Crippen MR) is 72.5 cm³/mol. The number of carboxylic acid groups (broad SMARTS) is 1. The summed E-state index contributed by atoms with van der Waals surface area (Å²) in [5, 5.41) is 14.0. The number of urea groups is 1. The Bertz CT molecular complexity index is 534. The van der Waals surface area contributed by atoms with E-state index in [1.165, 1.54) is 11.0 Å². The Morgan fingerprint density at radius 1 is 1.55 bits per heavy atom. The molecule has 0 aromatic heterocycles. The molecule has 2 rings (SSSR count). The minimum atomic E-state index is -1.15. The summed E-state index contributed by atoms with van der Waals surface area (Å²) in [6.45, 7) is 3.26. The van der Waals surface area contributed by atoms with E-state index in [1.54, 1.807) is 0 Å². The van der Waals surface area contributed by atoms with Gasteiger partial charge < -0.3 is 20.6 Å². The second-order valence-electron chi connectivity index (χ2n) is 4.74. The van der Waals surface area contributed by atoms with Crippen LogP contribution in [0.25, 0.3) is 0 Å². The largest absolute Gasteiger partial charge is 0.480 e. The number of hydroxylamine groups is 2. The number of piperidine rings is 1. The average molecular weight is 312 g/mol. The van der Waals surface area contributed by atoms with Crippen molar-refractivity contribution in [3.63, 3.8) is 0 Å². The molecule has 120 valence electrons. The number of rotatable bonds is 7. The molecule has 0 aromatic rings. The number of carboxylic acids is 1. The van der Waals surface area contributed by atoms with E-state index in [-0.39, 0.29) is 19.6 Å². The summed E-state index contributed by atoms with van der Waals surface area (Å²) in [5.41, 5.74) is 5.24. The molecule has 10 nitrogen and oxygen atoms in total. The highest BCUT2D eigenvalue weighted by atomic mass is 16.7. The quantitative estimate of drug-likeness (QED) is 0.454. The first-order chi connectivity index (χ1) is 10.5. The third kappa shape index (κ3) is 3.01. The fourth-order valence-corrected chi connectivity index (χ4v) is 2.32. The van der Waals surface area contributed by atoms with E-state index in [2.05, 4.69) is 11.7 Å². The van der Waals surface area contributed by atoms with Crippen molar-refractivity contribution in [2.45, 2.75) is 18.5 Å². The van der Waals surface area contributed by atoms with Gasteiger partial charge in [0.2, 0.25) is 0 Å². The Morgan fingerprint density at radius 3 is 2.86 bits per heavy atom. The lowest BCUT2D eigenvalue weighted by atomic mass is 9.99. The van der Waals surface area contributed by atoms with Crippen molar-refractivity contribution < 1.29 is 29.2 Å². The Balaban J connectivity index is 2.21. The molecule has 2 heterocycles. The van der Waals surface area contributed by atoms with E-state index in [0.717, 1.165) is 5.06 Å². The van der Waals surface area contributed by atoms with Crippen LogP contribution in [0.1, 0.15) is 6.42 Å². The van der Waals surface area contributed by atoms with Gasteiger partial charge in [0.05, 0.1) is 18.9 Å². The SMILES string of the molecule is C=CCON1C(=O)N2C[C@H]1C(=NOCC(N)=O)C[C@H]2C(=O)O. The number of hydrogen-bond donors (Lipinski definition) is 2. The van der Waals surface area contributed by atoms with Gasteiger partial charge in [-0.3, -0.25) is 9.63 Å². The molecule has 0 spiro atoms. The number of nitrogens with zero attached hydrogens (tertiary/aromatic N) is 3. The molecule has 0 aromatic carbocycles. The van der Waals surface area contributed by atoms with Crippen LogP contribution in [0.3, 0.4) is 0 Å². The monoisotopic (exact) mass is 312 g/mol. The van der Waals surface area contributed by atoms with Crippen LogP contribution in [-0.2, 0) is 19.3 Å². The zero-order valence-corrected chi connectivity index (χ0v) is 11.7. The smallest absolute Gasteiger partial charge is 0.345 e. The van der Waals surface area contributed by atoms with Crippen LogP contribution in [0.4, 0.5) is 4.79 Å². The van der Waals surface area contributed by atoms with Crippen LogP contribution in [-0.4, -0.2) is 70.5 Å². The molecular formula is C12H16N4O6. The van der Waals surface area contributed by atoms with Gasteiger partial charge >= 0.3 is 12.0 Å². The van der Waals surface area contributed by atoms with Crippen molar-refractivity contribution >= 4 is 23.6 Å². The van der Waals surface area contributed by atoms with Crippen LogP contribution in [0, 0.1) is 0 Å². The number of aliphatic carboxylic acids is 1. The maximum atomic E-state index is 12.2. The first-order valence-electron chi connectivity index (χ1n) is 6.49. The normalized spacial score (nSPS) is 25.5. The van der Waals surface area contributed by atoms with E-state index in [4.69, 9.17) is 15.4 Å². The number of fused-ring (bicyclic) bond motifs is 2. The molecule has 0 unspecified atom stereocenters. The molecular weight excluding hydrogens is 296 g/mol. The maximum Gasteiger partial charge on any atom is 0.345 e. The Kier molecular flexibility index (Phi) is 4.61. The lowest BCUT2D eigenvalue weighted by molar-refractivity contribution is -0.142. The highest BCUT2D eigenvalue weighted by Gasteiger charge is 2.51. The van der Waals surface area contributed by atoms with Gasteiger partial charge in [0, 0.05) is 6.42 Å². The molecule has 2 saturated heterocycles. The summed E-state index contributed by atoms with van der Waals surface area (Å²) in [7, 11) is 0. The van der Waals surface area contributed by atoms with Crippen LogP contribution in [0.2, 0.25) is 0 Å². The van der Waals surface area contributed by atoms with Crippen molar-refractivity contribution in [1.82, 2.24) is 9.96 Å². The third-order valence-electron chi connectivity index (χ3n) is 3.26. The van der Waals surface area contributed by atoms with Crippen LogP contribution >= 0.6 is 0 Å². The number of nitrogens with two attached hydrogens (primary N) is 1. The molecule has 3 N–H and O–H groups in total. The van der Waals surface area contributed by atoms with Gasteiger partial charge in [-0.25, -0.2) is 9.59 Å². The fourth-order valence-electron chi connectivity index (χ4n) is 2.32. The minimum absolute atomic E-state index is 0.0154. The molecule has 22 heavy (non-hydrogen) atoms. The Hall–Kier alpha value is -2.62. The highest BCUT2D eigenvalue weighted by molar-refractivity contribution is 6.01. The van der Waals surface area contributed by atoms with Gasteiger partial charge in [-0.05, 0) is 0 Å². The van der Waals surface area contributed by atoms with Crippen molar-refractivity contribution in [3.8, 4) is 0 Å². The number of carbonyl (C=O) groups is 3. The number of oxime groups is 1. The summed E-state index contributed by atoms with van der Waals surface area (Å²) in [4.78, 5) is 45.4. The number of amides is 3. The lowest BCUT2D eigenvalue weighted by Gasteiger charge is -2.28. The second-order valence-corrected chi connectivity index (χ2v) is 4.74. The van der Waals surface area contributed by atoms with E-state index in [1.807, 2.05) is 0 Å². The van der Waals surface area contributed by atoms with E-state index in [0.29, 0.717) is 5.71 Å². The van der Waals surface area contributed by atoms with Crippen LogP contribution < -0.4 is 5.73 Å². The Labute approximate surface area is 125 Å². The summed E-state index contributed by atoms with van der Waals surface area (Å²) in [6, 6.07) is -2.19. The molecule has 2 atom stereocenters. The topological polar surface area (TPSA) is 135 Å². The second kappa shape index (κ2) is 6.43. The molecule has 2 aliphatic rings. The minimum Gasteiger partial charge on any atom is -0.480 e. The molecule has 10 heteroatoms. The summed E-state index contributed by atoms with van der Waals surface area (Å²) in [6.07, 6.45) is 1.44. The summed E-state index contributed by atoms with van der Waals surface area (Å²) >= 11 is 0. The Morgan fingerprint density at radius 2 is 2.27 bits per heavy atom. The molecule has 3 amide bonds. The first kappa shape index (κ1) is 15.8. The first-order valence-corrected chi connectivity index (χ1v) is 6.49. The molecule has 2 aliphatic heterocycles. The van der Waals surface area contributed by atoms with Crippen LogP contribution in [0.5, 0.6) is 0 Å². The maximum absolute atomic E-state index is 12.2. The number of primary amides is 1. The van der Waals surface area contributed by atoms with E-state index < -0.39 is 36.6 Å². The molecule has 2 bridgehead atoms.